The van der Waals surface area contributed by atoms with Gasteiger partial charge in [0, 0.05) is 34.9 Å². The van der Waals surface area contributed by atoms with Crippen LogP contribution in [0, 0.1) is 0 Å². The fourth-order valence-corrected chi connectivity index (χ4v) is 2.62. The highest BCUT2D eigenvalue weighted by Gasteiger charge is 2.10. The predicted octanol–water partition coefficient (Wildman–Crippen LogP) is 4.30. The highest BCUT2D eigenvalue weighted by molar-refractivity contribution is 6.13. The second-order valence-corrected chi connectivity index (χ2v) is 5.54. The molecule has 0 amide bonds. The molecule has 0 fully saturated rings. The molecule has 0 radical (unpaired) electrons. The summed E-state index contributed by atoms with van der Waals surface area (Å²) in [4.78, 5) is 15.4. The molecule has 112 valence electrons. The van der Waals surface area contributed by atoms with Crippen LogP contribution in [-0.2, 0) is 0 Å². The van der Waals surface area contributed by atoms with Crippen LogP contribution in [0.15, 0.2) is 42.7 Å². The molecule has 0 aliphatic carbocycles. The average molecular weight is 294 g/mol. The van der Waals surface area contributed by atoms with E-state index in [0.29, 0.717) is 11.6 Å². The van der Waals surface area contributed by atoms with Crippen molar-refractivity contribution in [1.29, 1.82) is 0 Å². The van der Waals surface area contributed by atoms with E-state index in [2.05, 4.69) is 24.1 Å². The number of carboxylic acid groups (broad SMARTS) is 1. The van der Waals surface area contributed by atoms with Gasteiger partial charge >= 0.3 is 5.97 Å². The monoisotopic (exact) mass is 294 g/mol. The quantitative estimate of drug-likeness (QED) is 0.704. The van der Waals surface area contributed by atoms with Crippen LogP contribution in [0.25, 0.3) is 21.5 Å². The van der Waals surface area contributed by atoms with Crippen molar-refractivity contribution in [3.63, 3.8) is 0 Å². The topological polar surface area (TPSA) is 62.2 Å². The molecule has 1 atom stereocenters. The summed E-state index contributed by atoms with van der Waals surface area (Å²) in [6.07, 6.45) is 4.63. The van der Waals surface area contributed by atoms with E-state index >= 15 is 0 Å². The number of fused-ring (bicyclic) bond motifs is 3. The first-order valence-corrected chi connectivity index (χ1v) is 7.40. The Morgan fingerprint density at radius 3 is 2.77 bits per heavy atom. The minimum absolute atomic E-state index is 0.297. The minimum Gasteiger partial charge on any atom is -0.478 e. The minimum atomic E-state index is -0.912. The van der Waals surface area contributed by atoms with Crippen molar-refractivity contribution < 1.29 is 9.90 Å². The largest absolute Gasteiger partial charge is 0.478 e. The number of rotatable bonds is 4. The number of nitrogens with one attached hydrogen (secondary N) is 1. The van der Waals surface area contributed by atoms with E-state index in [1.165, 1.54) is 0 Å². The standard InChI is InChI=1S/C18H18N2O2/c1-3-11(2)20-17-9-13-8-12(18(21)22)4-5-14(13)16-10-19-7-6-15(16)17/h4-11,20H,3H2,1-2H3,(H,21,22)/t11-/m1/s1. The van der Waals surface area contributed by atoms with Crippen LogP contribution in [0.4, 0.5) is 5.69 Å². The van der Waals surface area contributed by atoms with Gasteiger partial charge in [-0.1, -0.05) is 13.0 Å². The van der Waals surface area contributed by atoms with Crippen molar-refractivity contribution in [3.05, 3.63) is 48.3 Å². The molecule has 1 heterocycles. The second kappa shape index (κ2) is 5.64. The number of hydrogen-bond donors (Lipinski definition) is 2. The van der Waals surface area contributed by atoms with Crippen LogP contribution in [-0.4, -0.2) is 22.1 Å². The summed E-state index contributed by atoms with van der Waals surface area (Å²) < 4.78 is 0. The normalized spacial score (nSPS) is 12.5. The summed E-state index contributed by atoms with van der Waals surface area (Å²) in [7, 11) is 0. The zero-order valence-electron chi connectivity index (χ0n) is 12.6. The van der Waals surface area contributed by atoms with Gasteiger partial charge < -0.3 is 10.4 Å². The molecule has 4 nitrogen and oxygen atoms in total. The molecule has 3 rings (SSSR count). The molecule has 0 unspecified atom stereocenters. The number of benzene rings is 2. The highest BCUT2D eigenvalue weighted by atomic mass is 16.4. The van der Waals surface area contributed by atoms with Gasteiger partial charge in [0.1, 0.15) is 0 Å². The Bertz CT molecular complexity index is 858. The third kappa shape index (κ3) is 2.48. The maximum absolute atomic E-state index is 11.2. The van der Waals surface area contributed by atoms with Crippen molar-refractivity contribution in [2.45, 2.75) is 26.3 Å². The van der Waals surface area contributed by atoms with Crippen LogP contribution in [0.1, 0.15) is 30.6 Å². The Balaban J connectivity index is 2.29. The van der Waals surface area contributed by atoms with E-state index in [-0.39, 0.29) is 0 Å². The molecule has 0 saturated carbocycles. The van der Waals surface area contributed by atoms with Gasteiger partial charge in [0.25, 0.3) is 0 Å². The maximum Gasteiger partial charge on any atom is 0.335 e. The number of nitrogens with zero attached hydrogens (tertiary/aromatic N) is 1. The van der Waals surface area contributed by atoms with E-state index in [4.69, 9.17) is 0 Å². The van der Waals surface area contributed by atoms with Gasteiger partial charge in [0.2, 0.25) is 0 Å². The Morgan fingerprint density at radius 2 is 2.05 bits per heavy atom. The number of pyridine rings is 1. The lowest BCUT2D eigenvalue weighted by molar-refractivity contribution is 0.0697. The number of hydrogen-bond acceptors (Lipinski definition) is 3. The summed E-state index contributed by atoms with van der Waals surface area (Å²) in [6.45, 7) is 4.26. The molecular weight excluding hydrogens is 276 g/mol. The van der Waals surface area contributed by atoms with E-state index in [1.54, 1.807) is 18.3 Å². The molecule has 1 aromatic heterocycles. The van der Waals surface area contributed by atoms with Gasteiger partial charge in [-0.2, -0.15) is 0 Å². The summed E-state index contributed by atoms with van der Waals surface area (Å²) in [5.41, 5.74) is 1.31. The molecular formula is C18H18N2O2. The zero-order chi connectivity index (χ0) is 15.7. The van der Waals surface area contributed by atoms with Crippen LogP contribution >= 0.6 is 0 Å². The van der Waals surface area contributed by atoms with E-state index in [0.717, 1.165) is 33.7 Å². The lowest BCUT2D eigenvalue weighted by Crippen LogP contribution is -2.13. The van der Waals surface area contributed by atoms with Gasteiger partial charge in [-0.25, -0.2) is 4.79 Å². The third-order valence-corrected chi connectivity index (χ3v) is 4.01. The molecule has 0 saturated heterocycles. The summed E-state index contributed by atoms with van der Waals surface area (Å²) >= 11 is 0. The SMILES string of the molecule is CC[C@@H](C)Nc1cc2cc(C(=O)O)ccc2c2cnccc12. The summed E-state index contributed by atoms with van der Waals surface area (Å²) in [6, 6.07) is 9.57. The lowest BCUT2D eigenvalue weighted by atomic mass is 9.99. The van der Waals surface area contributed by atoms with Crippen LogP contribution < -0.4 is 5.32 Å². The zero-order valence-corrected chi connectivity index (χ0v) is 12.6. The van der Waals surface area contributed by atoms with Gasteiger partial charge in [-0.3, -0.25) is 4.98 Å². The average Bonchev–Trinajstić information content (AvgIpc) is 2.54. The Kier molecular flexibility index (Phi) is 3.67. The number of aromatic nitrogens is 1. The molecule has 0 aliphatic rings. The molecule has 2 N–H and O–H groups in total. The smallest absolute Gasteiger partial charge is 0.335 e. The van der Waals surface area contributed by atoms with Crippen molar-refractivity contribution in [3.8, 4) is 0 Å². The molecule has 0 spiro atoms. The van der Waals surface area contributed by atoms with Gasteiger partial charge in [-0.05, 0) is 48.4 Å². The first-order valence-electron chi connectivity index (χ1n) is 7.40. The van der Waals surface area contributed by atoms with E-state index in [1.807, 2.05) is 24.4 Å². The van der Waals surface area contributed by atoms with Crippen LogP contribution in [0.5, 0.6) is 0 Å². The third-order valence-electron chi connectivity index (χ3n) is 4.01. The number of aromatic carboxylic acids is 1. The number of carbonyl (C=O) groups is 1. The fourth-order valence-electron chi connectivity index (χ4n) is 2.62. The second-order valence-electron chi connectivity index (χ2n) is 5.54. The Labute approximate surface area is 128 Å². The van der Waals surface area contributed by atoms with Gasteiger partial charge in [0.05, 0.1) is 5.56 Å². The van der Waals surface area contributed by atoms with Crippen molar-refractivity contribution in [1.82, 2.24) is 4.98 Å². The summed E-state index contributed by atoms with van der Waals surface area (Å²) in [5.74, 6) is -0.912. The number of carboxylic acids is 1. The van der Waals surface area contributed by atoms with Crippen molar-refractivity contribution >= 4 is 33.2 Å². The molecule has 0 bridgehead atoms. The van der Waals surface area contributed by atoms with Crippen molar-refractivity contribution in [2.75, 3.05) is 5.32 Å². The molecule has 2 aromatic carbocycles. The van der Waals surface area contributed by atoms with Crippen LogP contribution in [0.3, 0.4) is 0 Å². The summed E-state index contributed by atoms with van der Waals surface area (Å²) in [5, 5.41) is 16.7. The van der Waals surface area contributed by atoms with E-state index in [9.17, 15) is 9.90 Å². The Morgan fingerprint density at radius 1 is 1.23 bits per heavy atom. The molecule has 0 aliphatic heterocycles. The number of anilines is 1. The predicted molar refractivity (Wildman–Crippen MR) is 89.6 cm³/mol. The van der Waals surface area contributed by atoms with E-state index < -0.39 is 5.97 Å². The first-order chi connectivity index (χ1) is 10.6. The maximum atomic E-state index is 11.2. The molecule has 3 aromatic rings. The fraction of sp³-hybridized carbons (Fsp3) is 0.222. The lowest BCUT2D eigenvalue weighted by Gasteiger charge is -2.17. The highest BCUT2D eigenvalue weighted by Crippen LogP contribution is 2.32. The molecule has 22 heavy (non-hydrogen) atoms. The molecule has 4 heteroatoms. The van der Waals surface area contributed by atoms with Gasteiger partial charge in [0.15, 0.2) is 0 Å². The van der Waals surface area contributed by atoms with Crippen molar-refractivity contribution in [2.24, 2.45) is 0 Å². The Hall–Kier alpha value is -2.62. The van der Waals surface area contributed by atoms with Crippen LogP contribution in [0.2, 0.25) is 0 Å². The first kappa shape index (κ1) is 14.3. The van der Waals surface area contributed by atoms with Gasteiger partial charge in [-0.15, -0.1) is 0 Å².